The highest BCUT2D eigenvalue weighted by Gasteiger charge is 2.65. The summed E-state index contributed by atoms with van der Waals surface area (Å²) in [6.45, 7) is 9.17. The number of hydrogen-bond acceptors (Lipinski definition) is 5. The van der Waals surface area contributed by atoms with Crippen LogP contribution < -0.4 is 0 Å². The van der Waals surface area contributed by atoms with Crippen LogP contribution in [0.5, 0.6) is 0 Å². The Balaban J connectivity index is 1.51. The van der Waals surface area contributed by atoms with Crippen LogP contribution in [0.4, 0.5) is 0 Å². The van der Waals surface area contributed by atoms with Crippen molar-refractivity contribution in [1.29, 1.82) is 0 Å². The van der Waals surface area contributed by atoms with E-state index in [0.29, 0.717) is 31.8 Å². The minimum absolute atomic E-state index is 0.0513. The van der Waals surface area contributed by atoms with Gasteiger partial charge in [-0.05, 0) is 49.3 Å². The fourth-order valence-corrected chi connectivity index (χ4v) is 8.18. The lowest BCUT2D eigenvalue weighted by molar-refractivity contribution is -0.128. The van der Waals surface area contributed by atoms with E-state index in [0.717, 1.165) is 51.4 Å². The third kappa shape index (κ3) is 4.24. The maximum atomic E-state index is 13.8. The Bertz CT molecular complexity index is 904. The number of Topliss-reactive ketones (excluding diaryl/α,β-unsaturated/α-hetero) is 1. The molecule has 0 amide bonds. The van der Waals surface area contributed by atoms with Crippen LogP contribution in [0, 0.1) is 16.7 Å². The number of aryl methyl sites for hydroxylation is 1. The van der Waals surface area contributed by atoms with E-state index in [-0.39, 0.29) is 17.0 Å². The Labute approximate surface area is 186 Å². The van der Waals surface area contributed by atoms with Gasteiger partial charge in [0.1, 0.15) is 5.78 Å². The van der Waals surface area contributed by atoms with Crippen molar-refractivity contribution in [2.24, 2.45) is 23.8 Å². The normalized spacial score (nSPS) is 28.6. The molecule has 2 atom stereocenters. The van der Waals surface area contributed by atoms with Gasteiger partial charge in [0.15, 0.2) is 0 Å². The molecular formula is C23H37N3O4S. The zero-order valence-electron chi connectivity index (χ0n) is 19.2. The van der Waals surface area contributed by atoms with Crippen LogP contribution >= 0.6 is 0 Å². The molecule has 1 aliphatic heterocycles. The molecular weight excluding hydrogens is 414 g/mol. The van der Waals surface area contributed by atoms with Gasteiger partial charge < -0.3 is 9.30 Å². The van der Waals surface area contributed by atoms with Gasteiger partial charge in [-0.25, -0.2) is 8.42 Å². The van der Waals surface area contributed by atoms with Gasteiger partial charge in [0.2, 0.25) is 10.0 Å². The first-order valence-electron chi connectivity index (χ1n) is 11.6. The van der Waals surface area contributed by atoms with Crippen molar-refractivity contribution in [3.63, 3.8) is 0 Å². The minimum Gasteiger partial charge on any atom is -0.379 e. The number of aromatic nitrogens is 1. The number of hydrogen-bond donors (Lipinski definition) is 0. The highest BCUT2D eigenvalue weighted by Crippen LogP contribution is 2.64. The molecule has 1 aromatic heterocycles. The SMILES string of the molecule is Cn1cccc1CN(CCCN1CCOCC1)S(=O)(=O)CC12CCC(CC1=O)C2(C)C. The molecule has 3 aliphatic rings. The molecule has 0 N–H and O–H groups in total. The van der Waals surface area contributed by atoms with E-state index in [1.807, 2.05) is 29.9 Å². The minimum atomic E-state index is -3.59. The molecule has 1 aromatic rings. The van der Waals surface area contributed by atoms with E-state index in [1.165, 1.54) is 0 Å². The van der Waals surface area contributed by atoms with E-state index in [1.54, 1.807) is 4.31 Å². The largest absolute Gasteiger partial charge is 0.379 e. The second kappa shape index (κ2) is 8.61. The highest BCUT2D eigenvalue weighted by atomic mass is 32.2. The summed E-state index contributed by atoms with van der Waals surface area (Å²) in [5.74, 6) is 0.423. The Morgan fingerprint density at radius 2 is 2.00 bits per heavy atom. The van der Waals surface area contributed by atoms with E-state index in [4.69, 9.17) is 4.74 Å². The molecule has 4 rings (SSSR count). The Hall–Kier alpha value is -1.22. The molecule has 0 radical (unpaired) electrons. The van der Waals surface area contributed by atoms with E-state index >= 15 is 0 Å². The first kappa shape index (κ1) is 23.0. The van der Waals surface area contributed by atoms with Crippen molar-refractivity contribution in [3.8, 4) is 0 Å². The van der Waals surface area contributed by atoms with Gasteiger partial charge >= 0.3 is 0 Å². The molecule has 0 spiro atoms. The summed E-state index contributed by atoms with van der Waals surface area (Å²) in [4.78, 5) is 15.3. The molecule has 2 heterocycles. The van der Waals surface area contributed by atoms with Gasteiger partial charge in [-0.15, -0.1) is 0 Å². The zero-order valence-corrected chi connectivity index (χ0v) is 20.0. The van der Waals surface area contributed by atoms with Crippen LogP contribution in [0.3, 0.4) is 0 Å². The molecule has 8 heteroatoms. The average Bonchev–Trinajstić information content (AvgIpc) is 3.28. The predicted octanol–water partition coefficient (Wildman–Crippen LogP) is 2.27. The van der Waals surface area contributed by atoms with Crippen LogP contribution in [0.25, 0.3) is 0 Å². The number of ether oxygens (including phenoxy) is 1. The molecule has 31 heavy (non-hydrogen) atoms. The summed E-state index contributed by atoms with van der Waals surface area (Å²) in [6, 6.07) is 3.91. The van der Waals surface area contributed by atoms with Gasteiger partial charge in [-0.3, -0.25) is 9.69 Å². The molecule has 2 saturated carbocycles. The van der Waals surface area contributed by atoms with Crippen LogP contribution in [0.1, 0.15) is 45.2 Å². The van der Waals surface area contributed by atoms with E-state index in [2.05, 4.69) is 18.7 Å². The molecule has 174 valence electrons. The zero-order chi connectivity index (χ0) is 22.3. The van der Waals surface area contributed by atoms with Gasteiger partial charge in [-0.1, -0.05) is 13.8 Å². The molecule has 2 unspecified atom stereocenters. The van der Waals surface area contributed by atoms with Crippen LogP contribution in [-0.2, 0) is 33.1 Å². The fourth-order valence-electron chi connectivity index (χ4n) is 5.96. The summed E-state index contributed by atoms with van der Waals surface area (Å²) in [5.41, 5.74) is -0.0110. The lowest BCUT2D eigenvalue weighted by Crippen LogP contribution is -2.47. The lowest BCUT2D eigenvalue weighted by atomic mass is 9.70. The van der Waals surface area contributed by atoms with E-state index in [9.17, 15) is 13.2 Å². The third-order valence-electron chi connectivity index (χ3n) is 8.34. The quantitative estimate of drug-likeness (QED) is 0.576. The number of morpholine rings is 1. The Morgan fingerprint density at radius 3 is 2.58 bits per heavy atom. The fraction of sp³-hybridized carbons (Fsp3) is 0.783. The lowest BCUT2D eigenvalue weighted by Gasteiger charge is -2.38. The summed E-state index contributed by atoms with van der Waals surface area (Å²) in [6.07, 6.45) is 4.92. The van der Waals surface area contributed by atoms with Gasteiger partial charge in [0.05, 0.1) is 25.5 Å². The van der Waals surface area contributed by atoms with Crippen molar-refractivity contribution in [2.75, 3.05) is 45.1 Å². The van der Waals surface area contributed by atoms with Crippen molar-refractivity contribution < 1.29 is 17.9 Å². The van der Waals surface area contributed by atoms with Crippen LogP contribution in [0.15, 0.2) is 18.3 Å². The molecule has 2 bridgehead atoms. The second-order valence-corrected chi connectivity index (χ2v) is 12.1. The Morgan fingerprint density at radius 1 is 1.26 bits per heavy atom. The predicted molar refractivity (Wildman–Crippen MR) is 120 cm³/mol. The van der Waals surface area contributed by atoms with Gasteiger partial charge in [0.25, 0.3) is 0 Å². The van der Waals surface area contributed by atoms with Gasteiger partial charge in [-0.2, -0.15) is 4.31 Å². The number of carbonyl (C=O) groups excluding carboxylic acids is 1. The second-order valence-electron chi connectivity index (χ2n) is 10.2. The third-order valence-corrected chi connectivity index (χ3v) is 10.3. The molecule has 0 aromatic carbocycles. The smallest absolute Gasteiger partial charge is 0.215 e. The summed E-state index contributed by atoms with van der Waals surface area (Å²) in [7, 11) is -1.65. The van der Waals surface area contributed by atoms with Crippen molar-refractivity contribution >= 4 is 15.8 Å². The number of nitrogens with zero attached hydrogens (tertiary/aromatic N) is 3. The van der Waals surface area contributed by atoms with E-state index < -0.39 is 15.4 Å². The maximum absolute atomic E-state index is 13.8. The average molecular weight is 452 g/mol. The number of ketones is 1. The van der Waals surface area contributed by atoms with Crippen LogP contribution in [0.2, 0.25) is 0 Å². The molecule has 2 aliphatic carbocycles. The first-order valence-corrected chi connectivity index (χ1v) is 13.2. The monoisotopic (exact) mass is 451 g/mol. The number of carbonyl (C=O) groups is 1. The van der Waals surface area contributed by atoms with Crippen molar-refractivity contribution in [3.05, 3.63) is 24.0 Å². The first-order chi connectivity index (χ1) is 14.7. The number of sulfonamides is 1. The topological polar surface area (TPSA) is 71.8 Å². The molecule has 3 fully saturated rings. The number of fused-ring (bicyclic) bond motifs is 2. The van der Waals surface area contributed by atoms with Crippen molar-refractivity contribution in [1.82, 2.24) is 13.8 Å². The molecule has 7 nitrogen and oxygen atoms in total. The highest BCUT2D eigenvalue weighted by molar-refractivity contribution is 7.89. The van der Waals surface area contributed by atoms with Crippen LogP contribution in [-0.4, -0.2) is 73.1 Å². The molecule has 1 saturated heterocycles. The maximum Gasteiger partial charge on any atom is 0.215 e. The number of rotatable bonds is 9. The summed E-state index contributed by atoms with van der Waals surface area (Å²) >= 11 is 0. The standard InChI is InChI=1S/C23H37N3O4S/c1-22(2)19-7-8-23(22,21(27)16-19)18-31(28,29)26(17-20-6-4-9-24(20)3)11-5-10-25-12-14-30-15-13-25/h4,6,9,19H,5,7-8,10-18H2,1-3H3. The van der Waals surface area contributed by atoms with Crippen molar-refractivity contribution in [2.45, 2.75) is 46.1 Å². The Kier molecular flexibility index (Phi) is 6.38. The summed E-state index contributed by atoms with van der Waals surface area (Å²) in [5, 5.41) is 0. The van der Waals surface area contributed by atoms with Gasteiger partial charge in [0, 0.05) is 50.4 Å². The summed E-state index contributed by atoms with van der Waals surface area (Å²) < 4.78 is 36.5.